The lowest BCUT2D eigenvalue weighted by atomic mass is 9.98. The molecule has 316 valence electrons. The summed E-state index contributed by atoms with van der Waals surface area (Å²) in [5.41, 5.74) is 12.0. The van der Waals surface area contributed by atoms with Crippen LogP contribution in [0.5, 0.6) is 0 Å². The Hall–Kier alpha value is -7.88. The van der Waals surface area contributed by atoms with Gasteiger partial charge in [0.1, 0.15) is 31.5 Å². The highest BCUT2D eigenvalue weighted by molar-refractivity contribution is 6.13. The van der Waals surface area contributed by atoms with Crippen LogP contribution in [-0.2, 0) is 23.9 Å². The number of hydrogen-bond acceptors (Lipinski definition) is 9. The van der Waals surface area contributed by atoms with E-state index < -0.39 is 60.9 Å². The maximum absolute atomic E-state index is 14.6. The Labute approximate surface area is 356 Å². The quantitative estimate of drug-likeness (QED) is 0.0989. The number of nitrogens with one attached hydrogen (secondary N) is 3. The van der Waals surface area contributed by atoms with Crippen LogP contribution < -0.4 is 31.6 Å². The average molecular weight is 837 g/mol. The molecular formula is C46H44N8O8. The fourth-order valence-corrected chi connectivity index (χ4v) is 7.85. The summed E-state index contributed by atoms with van der Waals surface area (Å²) in [6.45, 7) is -0.0889. The molecule has 5 aromatic carbocycles. The van der Waals surface area contributed by atoms with Gasteiger partial charge in [0.25, 0.3) is 11.8 Å². The lowest BCUT2D eigenvalue weighted by molar-refractivity contribution is -0.125. The number of urea groups is 1. The van der Waals surface area contributed by atoms with Crippen LogP contribution >= 0.6 is 0 Å². The molecule has 1 aliphatic heterocycles. The second-order valence-electron chi connectivity index (χ2n) is 15.0. The minimum atomic E-state index is -1.39. The molecule has 0 aromatic heterocycles. The number of primary amides is 1. The number of rotatable bonds is 13. The van der Waals surface area contributed by atoms with Gasteiger partial charge in [-0.15, -0.1) is 0 Å². The van der Waals surface area contributed by atoms with E-state index in [2.05, 4.69) is 15.7 Å². The van der Waals surface area contributed by atoms with Gasteiger partial charge in [-0.05, 0) is 58.1 Å². The monoisotopic (exact) mass is 836 g/mol. The molecule has 0 bridgehead atoms. The fraction of sp³-hybridized carbons (Fsp3) is 0.217. The van der Waals surface area contributed by atoms with Crippen molar-refractivity contribution in [2.45, 2.75) is 31.3 Å². The van der Waals surface area contributed by atoms with E-state index in [-0.39, 0.29) is 48.2 Å². The van der Waals surface area contributed by atoms with E-state index in [0.29, 0.717) is 5.39 Å². The first-order valence-corrected chi connectivity index (χ1v) is 19.8. The standard InChI is InChI=1S/C46H44N8O8/c1-28(55)22-30(23-48-51-45(47)60)49-41(56)25-54-40-21-10-9-20-39(40)53(24-38(44(54)59)50-43(58)36-19-11-13-29-12-3-4-14-31(29)36)42(57)26-52(2)46(61)62-27-37-34-17-7-5-15-32(34)33-16-6-8-18-35(33)37/h3-21,23,30,37-38H,22,24-27H2,1-2H3,(H,49,56)(H,50,58)(H3,47,51,60)/b48-23-/t30-,38-/m0/s1. The number of amides is 7. The fourth-order valence-electron chi connectivity index (χ4n) is 7.85. The van der Waals surface area contributed by atoms with Crippen LogP contribution in [0, 0.1) is 0 Å². The summed E-state index contributed by atoms with van der Waals surface area (Å²) in [4.78, 5) is 97.1. The first-order chi connectivity index (χ1) is 29.9. The van der Waals surface area contributed by atoms with Gasteiger partial charge in [0, 0.05) is 31.2 Å². The molecule has 0 fully saturated rings. The van der Waals surface area contributed by atoms with E-state index in [9.17, 15) is 33.6 Å². The summed E-state index contributed by atoms with van der Waals surface area (Å²) in [5.74, 6) is -3.14. The summed E-state index contributed by atoms with van der Waals surface area (Å²) in [6.07, 6.45) is 0.194. The predicted octanol–water partition coefficient (Wildman–Crippen LogP) is 4.32. The lowest BCUT2D eigenvalue weighted by Crippen LogP contribution is -2.55. The highest BCUT2D eigenvalue weighted by atomic mass is 16.6. The second kappa shape index (κ2) is 18.6. The van der Waals surface area contributed by atoms with E-state index in [0.717, 1.165) is 43.7 Å². The number of likely N-dealkylation sites (N-methyl/N-ethyl adjacent to an activating group) is 1. The molecule has 0 unspecified atom stereocenters. The smallest absolute Gasteiger partial charge is 0.409 e. The normalized spacial score (nSPS) is 14.9. The summed E-state index contributed by atoms with van der Waals surface area (Å²) in [7, 11) is 1.43. The van der Waals surface area contributed by atoms with E-state index in [1.54, 1.807) is 48.5 Å². The number of hydrazone groups is 1. The molecular weight excluding hydrogens is 793 g/mol. The molecule has 0 radical (unpaired) electrons. The van der Waals surface area contributed by atoms with Crippen LogP contribution in [0.3, 0.4) is 0 Å². The number of benzene rings is 5. The molecule has 5 N–H and O–H groups in total. The molecule has 5 aromatic rings. The van der Waals surface area contributed by atoms with Crippen molar-refractivity contribution in [3.05, 3.63) is 132 Å². The predicted molar refractivity (Wildman–Crippen MR) is 232 cm³/mol. The number of fused-ring (bicyclic) bond motifs is 5. The van der Waals surface area contributed by atoms with Gasteiger partial charge in [-0.25, -0.2) is 15.0 Å². The Morgan fingerprint density at radius 2 is 1.48 bits per heavy atom. The molecule has 16 heteroatoms. The molecule has 2 aliphatic rings. The van der Waals surface area contributed by atoms with Crippen LogP contribution in [0.2, 0.25) is 0 Å². The van der Waals surface area contributed by atoms with Crippen molar-refractivity contribution in [1.29, 1.82) is 0 Å². The van der Waals surface area contributed by atoms with Crippen molar-refractivity contribution >= 4 is 69.9 Å². The van der Waals surface area contributed by atoms with Gasteiger partial charge in [0.05, 0.1) is 24.0 Å². The Morgan fingerprint density at radius 3 is 2.18 bits per heavy atom. The maximum atomic E-state index is 14.6. The average Bonchev–Trinajstić information content (AvgIpc) is 3.52. The Bertz CT molecular complexity index is 2560. The van der Waals surface area contributed by atoms with E-state index in [4.69, 9.17) is 10.5 Å². The largest absolute Gasteiger partial charge is 0.448 e. The third-order valence-electron chi connectivity index (χ3n) is 10.6. The number of carbonyl (C=O) groups excluding carboxylic acids is 7. The van der Waals surface area contributed by atoms with Crippen molar-refractivity contribution in [2.75, 3.05) is 43.1 Å². The number of carbonyl (C=O) groups is 7. The molecule has 0 saturated heterocycles. The van der Waals surface area contributed by atoms with Crippen molar-refractivity contribution in [2.24, 2.45) is 10.8 Å². The number of ether oxygens (including phenoxy) is 1. The zero-order chi connectivity index (χ0) is 43.9. The molecule has 7 rings (SSSR count). The topological polar surface area (TPSA) is 213 Å². The van der Waals surface area contributed by atoms with Gasteiger partial charge in [-0.2, -0.15) is 5.10 Å². The van der Waals surface area contributed by atoms with Gasteiger partial charge in [0.2, 0.25) is 11.8 Å². The molecule has 16 nitrogen and oxygen atoms in total. The third-order valence-corrected chi connectivity index (χ3v) is 10.6. The van der Waals surface area contributed by atoms with Crippen LogP contribution in [0.15, 0.2) is 120 Å². The van der Waals surface area contributed by atoms with Gasteiger partial charge in [0.15, 0.2) is 0 Å². The van der Waals surface area contributed by atoms with Gasteiger partial charge >= 0.3 is 12.1 Å². The summed E-state index contributed by atoms with van der Waals surface area (Å²) < 4.78 is 5.81. The summed E-state index contributed by atoms with van der Waals surface area (Å²) in [5, 5.41) is 10.5. The van der Waals surface area contributed by atoms with Crippen LogP contribution in [0.25, 0.3) is 21.9 Å². The molecule has 7 amide bonds. The number of ketones is 1. The third kappa shape index (κ3) is 9.28. The number of nitrogens with two attached hydrogens (primary N) is 1. The van der Waals surface area contributed by atoms with Gasteiger partial charge in [-0.3, -0.25) is 28.9 Å². The van der Waals surface area contributed by atoms with Gasteiger partial charge < -0.3 is 30.9 Å². The van der Waals surface area contributed by atoms with E-state index in [1.807, 2.05) is 72.2 Å². The SMILES string of the molecule is CC(=O)C[C@@H](/C=N\NC(N)=O)NC(=O)CN1C(=O)[C@@H](NC(=O)c2cccc3ccccc23)CN(C(=O)CN(C)C(=O)OCC2c3ccccc3-c3ccccc32)c2ccccc21. The minimum absolute atomic E-state index is 0.0342. The first-order valence-electron chi connectivity index (χ1n) is 19.8. The molecule has 62 heavy (non-hydrogen) atoms. The number of hydrogen-bond donors (Lipinski definition) is 4. The maximum Gasteiger partial charge on any atom is 0.409 e. The highest BCUT2D eigenvalue weighted by Crippen LogP contribution is 2.44. The molecule has 2 atom stereocenters. The minimum Gasteiger partial charge on any atom is -0.448 e. The van der Waals surface area contributed by atoms with E-state index >= 15 is 0 Å². The Morgan fingerprint density at radius 1 is 0.855 bits per heavy atom. The number of nitrogens with zero attached hydrogens (tertiary/aromatic N) is 4. The Balaban J connectivity index is 1.14. The van der Waals surface area contributed by atoms with Crippen LogP contribution in [0.4, 0.5) is 21.0 Å². The molecule has 1 aliphatic carbocycles. The number of Topliss-reactive ketones (excluding diaryl/α,β-unsaturated/α-hetero) is 1. The summed E-state index contributed by atoms with van der Waals surface area (Å²) >= 11 is 0. The molecule has 1 heterocycles. The van der Waals surface area contributed by atoms with Crippen molar-refractivity contribution in [3.63, 3.8) is 0 Å². The molecule has 0 saturated carbocycles. The number of para-hydroxylation sites is 2. The molecule has 0 spiro atoms. The van der Waals surface area contributed by atoms with Crippen molar-refractivity contribution in [3.8, 4) is 11.1 Å². The van der Waals surface area contributed by atoms with Crippen LogP contribution in [-0.4, -0.2) is 98.0 Å². The Kier molecular flexibility index (Phi) is 12.7. The zero-order valence-corrected chi connectivity index (χ0v) is 33.9. The first kappa shape index (κ1) is 42.3. The van der Waals surface area contributed by atoms with Gasteiger partial charge in [-0.1, -0.05) is 97.1 Å². The zero-order valence-electron chi connectivity index (χ0n) is 33.9. The highest BCUT2D eigenvalue weighted by Gasteiger charge is 2.39. The van der Waals surface area contributed by atoms with Crippen LogP contribution in [0.1, 0.15) is 40.7 Å². The number of anilines is 2. The van der Waals surface area contributed by atoms with Crippen molar-refractivity contribution in [1.82, 2.24) is 21.0 Å². The van der Waals surface area contributed by atoms with Crippen molar-refractivity contribution < 1.29 is 38.3 Å². The lowest BCUT2D eigenvalue weighted by Gasteiger charge is -2.27. The summed E-state index contributed by atoms with van der Waals surface area (Å²) in [6, 6.07) is 31.4. The second-order valence-corrected chi connectivity index (χ2v) is 15.0. The van der Waals surface area contributed by atoms with E-state index in [1.165, 1.54) is 18.9 Å².